The number of benzene rings is 3. The van der Waals surface area contributed by atoms with Gasteiger partial charge in [-0.05, 0) is 80.5 Å². The van der Waals surface area contributed by atoms with E-state index in [1.807, 2.05) is 74.4 Å². The number of carbonyl (C=O) groups is 2. The zero-order chi connectivity index (χ0) is 28.6. The second-order valence-corrected chi connectivity index (χ2v) is 10.3. The number of ketones is 1. The molecule has 0 radical (unpaired) electrons. The topological polar surface area (TPSA) is 79.3 Å². The van der Waals surface area contributed by atoms with Crippen LogP contribution in [0.5, 0.6) is 11.5 Å². The number of aryl methyl sites for hydroxylation is 1. The largest absolute Gasteiger partial charge is 0.507 e. The number of unbranched alkanes of at least 4 members (excludes halogenated alkanes) is 1. The van der Waals surface area contributed by atoms with Gasteiger partial charge in [0.2, 0.25) is 0 Å². The van der Waals surface area contributed by atoms with Crippen molar-refractivity contribution in [3.8, 4) is 11.5 Å². The highest BCUT2D eigenvalue weighted by atomic mass is 16.5. The molecule has 4 rings (SSSR count). The summed E-state index contributed by atoms with van der Waals surface area (Å²) in [6, 6.07) is 21.7. The van der Waals surface area contributed by atoms with Gasteiger partial charge in [0.1, 0.15) is 23.9 Å². The van der Waals surface area contributed by atoms with Crippen molar-refractivity contribution in [1.82, 2.24) is 9.80 Å². The molecule has 0 aromatic heterocycles. The molecule has 7 heteroatoms. The molecule has 0 bridgehead atoms. The molecule has 0 aliphatic carbocycles. The Bertz CT molecular complexity index is 1350. The number of hydrogen-bond acceptors (Lipinski definition) is 6. The van der Waals surface area contributed by atoms with Crippen LogP contribution >= 0.6 is 0 Å². The molecule has 210 valence electrons. The molecule has 1 saturated heterocycles. The molecule has 1 aliphatic heterocycles. The molecule has 1 N–H and O–H groups in total. The standard InChI is InChI=1S/C33H38N2O5/c1-5-6-21-39-27-15-11-24(12-16-27)30-29(32(37)33(38)35(30)20-19-34(3)4)31(36)25-13-17-28(18-14-25)40-22-26-10-8-7-9-23(26)2/h7-18,30,36H,5-6,19-22H2,1-4H3/b31-29+. The number of amides is 1. The SMILES string of the molecule is CCCCOc1ccc(C2/C(=C(\O)c3ccc(OCc4ccccc4C)cc3)C(=O)C(=O)N2CCN(C)C)cc1. The van der Waals surface area contributed by atoms with E-state index in [2.05, 4.69) is 6.92 Å². The monoisotopic (exact) mass is 542 g/mol. The van der Waals surface area contributed by atoms with E-state index in [9.17, 15) is 14.7 Å². The number of aliphatic hydroxyl groups is 1. The summed E-state index contributed by atoms with van der Waals surface area (Å²) in [5.74, 6) is -0.145. The van der Waals surface area contributed by atoms with Crippen molar-refractivity contribution < 1.29 is 24.2 Å². The fourth-order valence-corrected chi connectivity index (χ4v) is 4.64. The van der Waals surface area contributed by atoms with Gasteiger partial charge in [-0.15, -0.1) is 0 Å². The molecule has 1 fully saturated rings. The van der Waals surface area contributed by atoms with Crippen LogP contribution in [0.1, 0.15) is 48.1 Å². The summed E-state index contributed by atoms with van der Waals surface area (Å²) in [7, 11) is 3.83. The number of likely N-dealkylation sites (N-methyl/N-ethyl adjacent to an activating group) is 1. The van der Waals surface area contributed by atoms with Crippen LogP contribution in [-0.2, 0) is 16.2 Å². The van der Waals surface area contributed by atoms with Gasteiger partial charge in [-0.1, -0.05) is 49.7 Å². The van der Waals surface area contributed by atoms with Crippen LogP contribution in [0.15, 0.2) is 78.4 Å². The van der Waals surface area contributed by atoms with E-state index in [1.54, 1.807) is 29.2 Å². The molecule has 40 heavy (non-hydrogen) atoms. The van der Waals surface area contributed by atoms with E-state index in [-0.39, 0.29) is 11.3 Å². The summed E-state index contributed by atoms with van der Waals surface area (Å²) in [5, 5.41) is 11.4. The van der Waals surface area contributed by atoms with Gasteiger partial charge in [-0.3, -0.25) is 9.59 Å². The van der Waals surface area contributed by atoms with Gasteiger partial charge in [-0.2, -0.15) is 0 Å². The molecule has 0 saturated carbocycles. The Morgan fingerprint density at radius 3 is 2.23 bits per heavy atom. The summed E-state index contributed by atoms with van der Waals surface area (Å²) < 4.78 is 11.7. The third-order valence-electron chi connectivity index (χ3n) is 7.07. The van der Waals surface area contributed by atoms with Crippen LogP contribution in [0.2, 0.25) is 0 Å². The number of aliphatic hydroxyl groups excluding tert-OH is 1. The number of ether oxygens (including phenoxy) is 2. The molecule has 3 aromatic rings. The predicted octanol–water partition coefficient (Wildman–Crippen LogP) is 5.74. The Labute approximate surface area is 236 Å². The first-order chi connectivity index (χ1) is 19.3. The van der Waals surface area contributed by atoms with Crippen LogP contribution in [0.4, 0.5) is 0 Å². The number of rotatable bonds is 12. The van der Waals surface area contributed by atoms with Crippen LogP contribution in [0.3, 0.4) is 0 Å². The van der Waals surface area contributed by atoms with Crippen LogP contribution in [0.25, 0.3) is 5.76 Å². The number of likely N-dealkylation sites (tertiary alicyclic amines) is 1. The highest BCUT2D eigenvalue weighted by Gasteiger charge is 2.45. The predicted molar refractivity (Wildman–Crippen MR) is 156 cm³/mol. The lowest BCUT2D eigenvalue weighted by atomic mass is 9.95. The second kappa shape index (κ2) is 13.3. The van der Waals surface area contributed by atoms with Crippen molar-refractivity contribution in [1.29, 1.82) is 0 Å². The van der Waals surface area contributed by atoms with E-state index >= 15 is 0 Å². The van der Waals surface area contributed by atoms with Crippen molar-refractivity contribution in [3.63, 3.8) is 0 Å². The Morgan fingerprint density at radius 2 is 1.57 bits per heavy atom. The summed E-state index contributed by atoms with van der Waals surface area (Å²) in [4.78, 5) is 29.9. The molecule has 3 aromatic carbocycles. The molecule has 1 atom stereocenters. The lowest BCUT2D eigenvalue weighted by Gasteiger charge is -2.26. The average Bonchev–Trinajstić information content (AvgIpc) is 3.21. The molecular weight excluding hydrogens is 504 g/mol. The molecule has 7 nitrogen and oxygen atoms in total. The zero-order valence-electron chi connectivity index (χ0n) is 23.7. The Kier molecular flexibility index (Phi) is 9.61. The van der Waals surface area contributed by atoms with Crippen molar-refractivity contribution >= 4 is 17.4 Å². The first-order valence-corrected chi connectivity index (χ1v) is 13.7. The maximum Gasteiger partial charge on any atom is 0.295 e. The first kappa shape index (κ1) is 28.9. The summed E-state index contributed by atoms with van der Waals surface area (Å²) in [6.07, 6.45) is 2.00. The van der Waals surface area contributed by atoms with Gasteiger partial charge in [0.15, 0.2) is 0 Å². The second-order valence-electron chi connectivity index (χ2n) is 10.3. The summed E-state index contributed by atoms with van der Waals surface area (Å²) in [5.41, 5.74) is 3.50. The van der Waals surface area contributed by atoms with Crippen molar-refractivity contribution in [2.75, 3.05) is 33.8 Å². The Balaban J connectivity index is 1.62. The molecule has 1 amide bonds. The van der Waals surface area contributed by atoms with Gasteiger partial charge >= 0.3 is 0 Å². The lowest BCUT2D eigenvalue weighted by molar-refractivity contribution is -0.140. The molecule has 1 aliphatic rings. The van der Waals surface area contributed by atoms with Gasteiger partial charge in [0.25, 0.3) is 11.7 Å². The van der Waals surface area contributed by atoms with Crippen LogP contribution < -0.4 is 9.47 Å². The number of Topliss-reactive ketones (excluding diaryl/α,β-unsaturated/α-hetero) is 1. The third-order valence-corrected chi connectivity index (χ3v) is 7.07. The quantitative estimate of drug-likeness (QED) is 0.136. The fraction of sp³-hybridized carbons (Fsp3) is 0.333. The van der Waals surface area contributed by atoms with E-state index < -0.39 is 17.7 Å². The maximum atomic E-state index is 13.3. The molecule has 0 spiro atoms. The summed E-state index contributed by atoms with van der Waals surface area (Å²) in [6.45, 7) is 6.12. The van der Waals surface area contributed by atoms with E-state index in [1.165, 1.54) is 0 Å². The van der Waals surface area contributed by atoms with Crippen LogP contribution in [0, 0.1) is 6.92 Å². The molecule has 1 heterocycles. The smallest absolute Gasteiger partial charge is 0.295 e. The normalized spacial score (nSPS) is 16.5. The minimum atomic E-state index is -0.707. The van der Waals surface area contributed by atoms with E-state index in [0.717, 1.165) is 35.3 Å². The highest BCUT2D eigenvalue weighted by molar-refractivity contribution is 6.46. The number of hydrogen-bond donors (Lipinski definition) is 1. The van der Waals surface area contributed by atoms with Crippen molar-refractivity contribution in [2.45, 2.75) is 39.3 Å². The van der Waals surface area contributed by atoms with E-state index in [0.29, 0.717) is 37.6 Å². The third kappa shape index (κ3) is 6.72. The van der Waals surface area contributed by atoms with E-state index in [4.69, 9.17) is 9.47 Å². The maximum absolute atomic E-state index is 13.3. The fourth-order valence-electron chi connectivity index (χ4n) is 4.64. The molecular formula is C33H38N2O5. The van der Waals surface area contributed by atoms with Crippen molar-refractivity contribution in [3.05, 3.63) is 101 Å². The van der Waals surface area contributed by atoms with Crippen molar-refractivity contribution in [2.24, 2.45) is 0 Å². The van der Waals surface area contributed by atoms with Gasteiger partial charge in [-0.25, -0.2) is 0 Å². The average molecular weight is 543 g/mol. The minimum absolute atomic E-state index is 0.0805. The molecule has 1 unspecified atom stereocenters. The van der Waals surface area contributed by atoms with Gasteiger partial charge < -0.3 is 24.4 Å². The Hall–Kier alpha value is -4.10. The number of nitrogens with zero attached hydrogens (tertiary/aromatic N) is 2. The highest BCUT2D eigenvalue weighted by Crippen LogP contribution is 2.40. The Morgan fingerprint density at radius 1 is 0.925 bits per heavy atom. The van der Waals surface area contributed by atoms with Gasteiger partial charge in [0, 0.05) is 18.7 Å². The van der Waals surface area contributed by atoms with Gasteiger partial charge in [0.05, 0.1) is 18.2 Å². The zero-order valence-corrected chi connectivity index (χ0v) is 23.7. The van der Waals surface area contributed by atoms with Crippen LogP contribution in [-0.4, -0.2) is 60.4 Å². The minimum Gasteiger partial charge on any atom is -0.507 e. The first-order valence-electron chi connectivity index (χ1n) is 13.7. The lowest BCUT2D eigenvalue weighted by Crippen LogP contribution is -2.35. The number of carbonyl (C=O) groups excluding carboxylic acids is 2. The summed E-state index contributed by atoms with van der Waals surface area (Å²) >= 11 is 0.